The second kappa shape index (κ2) is 12.4. The molecule has 8 aromatic carbocycles. The summed E-state index contributed by atoms with van der Waals surface area (Å²) in [6.07, 6.45) is 20.2. The van der Waals surface area contributed by atoms with Gasteiger partial charge in [-0.3, -0.25) is 0 Å². The van der Waals surface area contributed by atoms with Crippen LogP contribution in [0.15, 0.2) is 194 Å². The van der Waals surface area contributed by atoms with Gasteiger partial charge in [-0.1, -0.05) is 206 Å². The molecule has 0 bridgehead atoms. The van der Waals surface area contributed by atoms with E-state index >= 15 is 0 Å². The van der Waals surface area contributed by atoms with Crippen molar-refractivity contribution >= 4 is 50.0 Å². The monoisotopic (exact) mass is 684 g/mol. The van der Waals surface area contributed by atoms with Crippen LogP contribution in [0.5, 0.6) is 0 Å². The predicted octanol–water partition coefficient (Wildman–Crippen LogP) is 14.6. The molecule has 0 aliphatic heterocycles. The highest BCUT2D eigenvalue weighted by Crippen LogP contribution is 2.51. The lowest BCUT2D eigenvalue weighted by molar-refractivity contribution is 0.678. The van der Waals surface area contributed by atoms with E-state index in [9.17, 15) is 0 Å². The van der Waals surface area contributed by atoms with E-state index in [1.807, 2.05) is 0 Å². The molecule has 0 saturated carbocycles. The van der Waals surface area contributed by atoms with Gasteiger partial charge in [0.05, 0.1) is 0 Å². The van der Waals surface area contributed by atoms with Crippen molar-refractivity contribution in [3.63, 3.8) is 0 Å². The van der Waals surface area contributed by atoms with Gasteiger partial charge in [0.15, 0.2) is 0 Å². The van der Waals surface area contributed by atoms with Gasteiger partial charge in [-0.15, -0.1) is 0 Å². The summed E-state index contributed by atoms with van der Waals surface area (Å²) in [5, 5.41) is 7.78. The number of allylic oxidation sites excluding steroid dienone is 8. The first-order valence-corrected chi connectivity index (χ1v) is 19.0. The van der Waals surface area contributed by atoms with Crippen LogP contribution in [0.3, 0.4) is 0 Å². The average Bonchev–Trinajstić information content (AvgIpc) is 3.57. The van der Waals surface area contributed by atoms with Gasteiger partial charge in [0.25, 0.3) is 0 Å². The van der Waals surface area contributed by atoms with E-state index < -0.39 is 0 Å². The normalized spacial score (nSPS) is 16.7. The van der Waals surface area contributed by atoms with Crippen molar-refractivity contribution < 1.29 is 0 Å². The molecule has 2 unspecified atom stereocenters. The number of hydrogen-bond donors (Lipinski definition) is 0. The minimum Gasteiger partial charge on any atom is -0.0767 e. The fourth-order valence-electron chi connectivity index (χ4n) is 9.30. The summed E-state index contributed by atoms with van der Waals surface area (Å²) in [4.78, 5) is 0. The first kappa shape index (κ1) is 30.8. The van der Waals surface area contributed by atoms with Crippen LogP contribution in [0, 0.1) is 11.8 Å². The second-order valence-corrected chi connectivity index (χ2v) is 14.7. The summed E-state index contributed by atoms with van der Waals surface area (Å²) >= 11 is 0. The molecule has 0 nitrogen and oxygen atoms in total. The molecule has 0 aromatic heterocycles. The van der Waals surface area contributed by atoms with Crippen LogP contribution in [0.2, 0.25) is 0 Å². The lowest BCUT2D eigenvalue weighted by atomic mass is 9.77. The SMILES string of the molecule is C1=CC2C=CC=C(c3ccc(C=Cc4ccc(-c5c6ccccc6c(-c6ccc7c8c(cccc68)-c6ccccc6-7)c6ccccc56)cc4)cc3)C2C=C1. The van der Waals surface area contributed by atoms with Crippen LogP contribution in [0.25, 0.3) is 94.6 Å². The van der Waals surface area contributed by atoms with Crippen molar-refractivity contribution in [2.75, 3.05) is 0 Å². The maximum atomic E-state index is 2.36. The third-order valence-corrected chi connectivity index (χ3v) is 11.8. The van der Waals surface area contributed by atoms with Gasteiger partial charge >= 0.3 is 0 Å². The lowest BCUT2D eigenvalue weighted by Gasteiger charge is -2.27. The highest BCUT2D eigenvalue weighted by molar-refractivity contribution is 6.26. The van der Waals surface area contributed by atoms with E-state index in [0.717, 1.165) is 0 Å². The average molecular weight is 685 g/mol. The van der Waals surface area contributed by atoms with Gasteiger partial charge in [-0.05, 0) is 99.1 Å². The van der Waals surface area contributed by atoms with Crippen molar-refractivity contribution in [3.05, 3.63) is 211 Å². The molecule has 11 rings (SSSR count). The molecule has 0 heterocycles. The van der Waals surface area contributed by atoms with E-state index in [0.29, 0.717) is 11.8 Å². The Kier molecular flexibility index (Phi) is 7.10. The first-order valence-electron chi connectivity index (χ1n) is 19.0. The van der Waals surface area contributed by atoms with Crippen LogP contribution >= 0.6 is 0 Å². The fourth-order valence-corrected chi connectivity index (χ4v) is 9.30. The van der Waals surface area contributed by atoms with Gasteiger partial charge in [-0.2, -0.15) is 0 Å². The molecule has 0 heteroatoms. The molecule has 54 heavy (non-hydrogen) atoms. The zero-order valence-corrected chi connectivity index (χ0v) is 29.8. The topological polar surface area (TPSA) is 0 Å². The Balaban J connectivity index is 0.964. The molecule has 0 fully saturated rings. The molecule has 0 N–H and O–H groups in total. The molecule has 0 saturated heterocycles. The molecule has 0 spiro atoms. The third-order valence-electron chi connectivity index (χ3n) is 11.8. The standard InChI is InChI=1S/C54H36/c1-2-13-40-37(11-1)12-9-20-41(40)38-29-25-35(26-30-38)23-24-36-27-31-39(32-28-36)52-45-16-5-7-18-47(45)54(48-19-8-6-17-46(48)52)51-34-33-50-43-15-4-3-14-42(43)44-21-10-22-49(51)53(44)50/h1-34,37,40H. The van der Waals surface area contributed by atoms with Gasteiger partial charge in [0, 0.05) is 11.8 Å². The van der Waals surface area contributed by atoms with Crippen molar-refractivity contribution in [2.45, 2.75) is 0 Å². The smallest absolute Gasteiger partial charge is 0.0125 e. The second-order valence-electron chi connectivity index (χ2n) is 14.7. The van der Waals surface area contributed by atoms with Gasteiger partial charge < -0.3 is 0 Å². The number of rotatable bonds is 5. The van der Waals surface area contributed by atoms with Crippen molar-refractivity contribution in [1.82, 2.24) is 0 Å². The molecule has 8 aromatic rings. The van der Waals surface area contributed by atoms with Gasteiger partial charge in [0.2, 0.25) is 0 Å². The maximum Gasteiger partial charge on any atom is 0.0125 e. The maximum absolute atomic E-state index is 2.36. The minimum absolute atomic E-state index is 0.415. The van der Waals surface area contributed by atoms with Crippen LogP contribution in [0.4, 0.5) is 0 Å². The van der Waals surface area contributed by atoms with Crippen LogP contribution in [-0.4, -0.2) is 0 Å². The Morgan fingerprint density at radius 2 is 0.852 bits per heavy atom. The van der Waals surface area contributed by atoms with Gasteiger partial charge in [0.1, 0.15) is 0 Å². The van der Waals surface area contributed by atoms with E-state index in [1.165, 1.54) is 99.1 Å². The zero-order valence-electron chi connectivity index (χ0n) is 29.8. The third kappa shape index (κ3) is 4.84. The van der Waals surface area contributed by atoms with Crippen molar-refractivity contribution in [2.24, 2.45) is 11.8 Å². The Hall–Kier alpha value is -6.76. The van der Waals surface area contributed by atoms with E-state index in [1.54, 1.807) is 0 Å². The molecule has 3 aliphatic carbocycles. The molecule has 0 amide bonds. The lowest BCUT2D eigenvalue weighted by Crippen LogP contribution is -2.14. The first-order chi connectivity index (χ1) is 26.8. The van der Waals surface area contributed by atoms with Crippen LogP contribution in [0.1, 0.15) is 16.7 Å². The number of hydrogen-bond acceptors (Lipinski definition) is 0. The predicted molar refractivity (Wildman–Crippen MR) is 232 cm³/mol. The minimum atomic E-state index is 0.415. The number of fused-ring (bicyclic) bond motifs is 6. The highest BCUT2D eigenvalue weighted by atomic mass is 14.3. The van der Waals surface area contributed by atoms with Crippen LogP contribution < -0.4 is 0 Å². The summed E-state index contributed by atoms with van der Waals surface area (Å²) in [7, 11) is 0. The Morgan fingerprint density at radius 3 is 1.52 bits per heavy atom. The molecule has 3 aliphatic rings. The van der Waals surface area contributed by atoms with Crippen molar-refractivity contribution in [3.8, 4) is 44.5 Å². The van der Waals surface area contributed by atoms with Crippen molar-refractivity contribution in [1.29, 1.82) is 0 Å². The largest absolute Gasteiger partial charge is 0.0767 e. The summed E-state index contributed by atoms with van der Waals surface area (Å²) in [5.41, 5.74) is 15.5. The van der Waals surface area contributed by atoms with E-state index in [2.05, 4.69) is 206 Å². The highest BCUT2D eigenvalue weighted by Gasteiger charge is 2.25. The summed E-state index contributed by atoms with van der Waals surface area (Å²) in [6, 6.07) is 56.4. The molecule has 252 valence electrons. The molecular formula is C54H36. The molecular weight excluding hydrogens is 649 g/mol. The number of benzene rings is 8. The van der Waals surface area contributed by atoms with Gasteiger partial charge in [-0.25, -0.2) is 0 Å². The van der Waals surface area contributed by atoms with Crippen LogP contribution in [-0.2, 0) is 0 Å². The Bertz CT molecular complexity index is 2880. The molecule has 2 atom stereocenters. The fraction of sp³-hybridized carbons (Fsp3) is 0.0370. The Morgan fingerprint density at radius 1 is 0.352 bits per heavy atom. The quantitative estimate of drug-likeness (QED) is 0.125. The van der Waals surface area contributed by atoms with E-state index in [4.69, 9.17) is 0 Å². The Labute approximate surface area is 316 Å². The van der Waals surface area contributed by atoms with E-state index in [-0.39, 0.29) is 0 Å². The summed E-state index contributed by atoms with van der Waals surface area (Å²) in [6.45, 7) is 0. The summed E-state index contributed by atoms with van der Waals surface area (Å²) < 4.78 is 0. The molecule has 0 radical (unpaired) electrons. The summed E-state index contributed by atoms with van der Waals surface area (Å²) in [5.74, 6) is 0.864. The zero-order chi connectivity index (χ0) is 35.6.